The van der Waals surface area contributed by atoms with Gasteiger partial charge in [-0.15, -0.1) is 5.10 Å². The number of benzene rings is 1. The van der Waals surface area contributed by atoms with Crippen LogP contribution < -0.4 is 14.8 Å². The average molecular weight is 443 g/mol. The first-order valence-corrected chi connectivity index (χ1v) is 12.0. The molecule has 1 atom stereocenters. The Morgan fingerprint density at radius 1 is 1.19 bits per heavy atom. The van der Waals surface area contributed by atoms with Gasteiger partial charge in [-0.2, -0.15) is 4.98 Å². The molecule has 1 N–H and O–H groups in total. The molecule has 7 nitrogen and oxygen atoms in total. The van der Waals surface area contributed by atoms with Gasteiger partial charge in [-0.25, -0.2) is 4.68 Å². The highest BCUT2D eigenvalue weighted by atomic mass is 32.2. The number of ether oxygens (including phenoxy) is 2. The first kappa shape index (κ1) is 21.7. The quantitative estimate of drug-likeness (QED) is 0.433. The standard InChI is InChI=1S/C23H30N4O3S/c1-4-5-6-7-14-31-23-25-22-24-16-11-9-12-17(28)19(16)20(27(22)26-23)15-10-8-13-18(29-2)21(15)30-3/h8,10,13,20H,4-7,9,11-12,14H2,1-3H3,(H,24,25,26)/t20-/m1/s1. The van der Waals surface area contributed by atoms with Crippen molar-refractivity contribution in [2.75, 3.05) is 25.3 Å². The van der Waals surface area contributed by atoms with Crippen molar-refractivity contribution in [1.29, 1.82) is 0 Å². The number of nitrogens with zero attached hydrogens (tertiary/aromatic N) is 3. The molecule has 31 heavy (non-hydrogen) atoms. The highest BCUT2D eigenvalue weighted by Crippen LogP contribution is 2.45. The molecule has 8 heteroatoms. The molecule has 1 aromatic carbocycles. The summed E-state index contributed by atoms with van der Waals surface area (Å²) in [6, 6.07) is 5.38. The fraction of sp³-hybridized carbons (Fsp3) is 0.522. The van der Waals surface area contributed by atoms with E-state index >= 15 is 0 Å². The number of hydrogen-bond donors (Lipinski definition) is 1. The van der Waals surface area contributed by atoms with E-state index in [-0.39, 0.29) is 11.8 Å². The molecule has 0 radical (unpaired) electrons. The number of hydrogen-bond acceptors (Lipinski definition) is 7. The van der Waals surface area contributed by atoms with Crippen LogP contribution in [0.1, 0.15) is 63.5 Å². The summed E-state index contributed by atoms with van der Waals surface area (Å²) in [5.74, 6) is 3.08. The van der Waals surface area contributed by atoms with Gasteiger partial charge in [0.2, 0.25) is 11.1 Å². The second-order valence-electron chi connectivity index (χ2n) is 7.85. The predicted octanol–water partition coefficient (Wildman–Crippen LogP) is 4.99. The van der Waals surface area contributed by atoms with Crippen molar-refractivity contribution < 1.29 is 14.3 Å². The summed E-state index contributed by atoms with van der Waals surface area (Å²) in [4.78, 5) is 17.8. The van der Waals surface area contributed by atoms with E-state index in [9.17, 15) is 4.79 Å². The number of Topliss-reactive ketones (excluding diaryl/α,β-unsaturated/α-hetero) is 1. The number of carbonyl (C=O) groups is 1. The third-order valence-electron chi connectivity index (χ3n) is 5.81. The Kier molecular flexibility index (Phi) is 6.85. The maximum absolute atomic E-state index is 13.0. The second kappa shape index (κ2) is 9.77. The van der Waals surface area contributed by atoms with Crippen LogP contribution in [0.5, 0.6) is 11.5 Å². The van der Waals surface area contributed by atoms with Gasteiger partial charge in [0.25, 0.3) is 0 Å². The molecule has 1 aromatic heterocycles. The third kappa shape index (κ3) is 4.31. The summed E-state index contributed by atoms with van der Waals surface area (Å²) in [7, 11) is 3.24. The number of allylic oxidation sites excluding steroid dienone is 2. The molecule has 0 unspecified atom stereocenters. The van der Waals surface area contributed by atoms with Gasteiger partial charge in [-0.05, 0) is 25.3 Å². The van der Waals surface area contributed by atoms with Gasteiger partial charge in [0, 0.05) is 29.0 Å². The fourth-order valence-electron chi connectivity index (χ4n) is 4.30. The fourth-order valence-corrected chi connectivity index (χ4v) is 5.13. The molecule has 1 aliphatic heterocycles. The highest BCUT2D eigenvalue weighted by Gasteiger charge is 2.38. The zero-order chi connectivity index (χ0) is 21.8. The third-order valence-corrected chi connectivity index (χ3v) is 6.73. The summed E-state index contributed by atoms with van der Waals surface area (Å²) >= 11 is 1.67. The number of nitrogens with one attached hydrogen (secondary N) is 1. The van der Waals surface area contributed by atoms with Gasteiger partial charge in [0.05, 0.1) is 14.2 Å². The number of carbonyl (C=O) groups excluding carboxylic acids is 1. The molecular formula is C23H30N4O3S. The van der Waals surface area contributed by atoms with Gasteiger partial charge in [-0.1, -0.05) is 50.1 Å². The minimum atomic E-state index is -0.383. The molecule has 2 aliphatic rings. The van der Waals surface area contributed by atoms with Crippen molar-refractivity contribution in [3.8, 4) is 11.5 Å². The van der Waals surface area contributed by atoms with E-state index < -0.39 is 0 Å². The number of unbranched alkanes of at least 4 members (excludes halogenated alkanes) is 3. The highest BCUT2D eigenvalue weighted by molar-refractivity contribution is 7.99. The molecule has 0 saturated heterocycles. The smallest absolute Gasteiger partial charge is 0.227 e. The summed E-state index contributed by atoms with van der Waals surface area (Å²) in [6.07, 6.45) is 7.08. The largest absolute Gasteiger partial charge is 0.493 e. The first-order chi connectivity index (χ1) is 15.2. The monoisotopic (exact) mass is 442 g/mol. The van der Waals surface area contributed by atoms with Crippen LogP contribution in [0.4, 0.5) is 5.95 Å². The minimum absolute atomic E-state index is 0.151. The van der Waals surface area contributed by atoms with Crippen LogP contribution in [0.3, 0.4) is 0 Å². The Bertz CT molecular complexity index is 985. The minimum Gasteiger partial charge on any atom is -0.493 e. The number of thioether (sulfide) groups is 1. The topological polar surface area (TPSA) is 78.3 Å². The second-order valence-corrected chi connectivity index (χ2v) is 8.91. The molecular weight excluding hydrogens is 412 g/mol. The predicted molar refractivity (Wildman–Crippen MR) is 122 cm³/mol. The van der Waals surface area contributed by atoms with Crippen molar-refractivity contribution in [2.24, 2.45) is 0 Å². The number of aromatic nitrogens is 3. The number of fused-ring (bicyclic) bond motifs is 1. The van der Waals surface area contributed by atoms with Crippen LogP contribution in [0.15, 0.2) is 34.6 Å². The van der Waals surface area contributed by atoms with E-state index in [0.29, 0.717) is 23.9 Å². The van der Waals surface area contributed by atoms with E-state index in [4.69, 9.17) is 19.6 Å². The van der Waals surface area contributed by atoms with Gasteiger partial charge < -0.3 is 14.8 Å². The van der Waals surface area contributed by atoms with E-state index in [1.54, 1.807) is 26.0 Å². The lowest BCUT2D eigenvalue weighted by Gasteiger charge is -2.32. The maximum Gasteiger partial charge on any atom is 0.227 e. The normalized spacial score (nSPS) is 17.8. The Morgan fingerprint density at radius 2 is 2.06 bits per heavy atom. The van der Waals surface area contributed by atoms with Crippen molar-refractivity contribution in [1.82, 2.24) is 14.8 Å². The summed E-state index contributed by atoms with van der Waals surface area (Å²) in [6.45, 7) is 2.22. The Morgan fingerprint density at radius 3 is 2.84 bits per heavy atom. The lowest BCUT2D eigenvalue weighted by molar-refractivity contribution is -0.116. The zero-order valence-electron chi connectivity index (χ0n) is 18.4. The van der Waals surface area contributed by atoms with Crippen molar-refractivity contribution >= 4 is 23.5 Å². The van der Waals surface area contributed by atoms with E-state index in [0.717, 1.165) is 47.0 Å². The van der Waals surface area contributed by atoms with Gasteiger partial charge in [-0.3, -0.25) is 4.79 Å². The van der Waals surface area contributed by atoms with Crippen LogP contribution in [-0.4, -0.2) is 40.5 Å². The lowest BCUT2D eigenvalue weighted by atomic mass is 9.85. The molecule has 0 bridgehead atoms. The molecule has 0 spiro atoms. The maximum atomic E-state index is 13.0. The number of methoxy groups -OCH3 is 2. The Labute approximate surface area is 187 Å². The number of anilines is 1. The Balaban J connectivity index is 1.73. The SMILES string of the molecule is CCCCCCSc1nc2n(n1)[C@H](c1cccc(OC)c1OC)C1=C(CCCC1=O)N2. The van der Waals surface area contributed by atoms with Crippen molar-refractivity contribution in [3.63, 3.8) is 0 Å². The Hall–Kier alpha value is -2.48. The molecule has 4 rings (SSSR count). The summed E-state index contributed by atoms with van der Waals surface area (Å²) in [5, 5.41) is 8.93. The summed E-state index contributed by atoms with van der Waals surface area (Å²) < 4.78 is 13.1. The van der Waals surface area contributed by atoms with E-state index in [1.165, 1.54) is 19.3 Å². The molecule has 2 aromatic rings. The van der Waals surface area contributed by atoms with Crippen LogP contribution in [0.2, 0.25) is 0 Å². The van der Waals surface area contributed by atoms with Crippen LogP contribution in [0.25, 0.3) is 0 Å². The van der Waals surface area contributed by atoms with Crippen molar-refractivity contribution in [2.45, 2.75) is 63.1 Å². The number of para-hydroxylation sites is 1. The van der Waals surface area contributed by atoms with E-state index in [2.05, 4.69) is 12.2 Å². The zero-order valence-corrected chi connectivity index (χ0v) is 19.3. The lowest BCUT2D eigenvalue weighted by Crippen LogP contribution is -2.31. The van der Waals surface area contributed by atoms with Gasteiger partial charge >= 0.3 is 0 Å². The first-order valence-electron chi connectivity index (χ1n) is 11.0. The molecule has 0 saturated carbocycles. The molecule has 2 heterocycles. The van der Waals surface area contributed by atoms with Crippen LogP contribution in [0, 0.1) is 0 Å². The molecule has 0 fully saturated rings. The average Bonchev–Trinajstić information content (AvgIpc) is 3.19. The molecule has 166 valence electrons. The van der Waals surface area contributed by atoms with Crippen LogP contribution in [-0.2, 0) is 4.79 Å². The molecule has 1 aliphatic carbocycles. The summed E-state index contributed by atoms with van der Waals surface area (Å²) in [5.41, 5.74) is 2.57. The number of ketones is 1. The number of rotatable bonds is 9. The van der Waals surface area contributed by atoms with Gasteiger partial charge in [0.15, 0.2) is 17.3 Å². The van der Waals surface area contributed by atoms with E-state index in [1.807, 2.05) is 22.9 Å². The van der Waals surface area contributed by atoms with Crippen LogP contribution >= 0.6 is 11.8 Å². The molecule has 0 amide bonds. The van der Waals surface area contributed by atoms with Crippen molar-refractivity contribution in [3.05, 3.63) is 35.0 Å². The van der Waals surface area contributed by atoms with Gasteiger partial charge in [0.1, 0.15) is 6.04 Å².